The van der Waals surface area contributed by atoms with Crippen LogP contribution >= 0.6 is 0 Å². The van der Waals surface area contributed by atoms with E-state index in [1.807, 2.05) is 25.2 Å². The summed E-state index contributed by atoms with van der Waals surface area (Å²) in [4.78, 5) is 2.17. The highest BCUT2D eigenvalue weighted by Gasteiger charge is 2.19. The van der Waals surface area contributed by atoms with Gasteiger partial charge in [-0.05, 0) is 30.0 Å². The van der Waals surface area contributed by atoms with Crippen LogP contribution in [0.4, 0.5) is 14.5 Å². The van der Waals surface area contributed by atoms with Crippen LogP contribution in [0.5, 0.6) is 0 Å². The summed E-state index contributed by atoms with van der Waals surface area (Å²) in [7, 11) is 2.04. The zero-order valence-corrected chi connectivity index (χ0v) is 9.29. The van der Waals surface area contributed by atoms with Gasteiger partial charge >= 0.3 is 0 Å². The number of hydrogen-bond acceptors (Lipinski definition) is 2. The summed E-state index contributed by atoms with van der Waals surface area (Å²) in [5, 5.41) is 0. The molecule has 0 saturated heterocycles. The van der Waals surface area contributed by atoms with Crippen LogP contribution in [-0.2, 0) is 12.8 Å². The lowest BCUT2D eigenvalue weighted by Crippen LogP contribution is -2.30. The van der Waals surface area contributed by atoms with E-state index in [0.717, 1.165) is 18.5 Å². The molecule has 0 aromatic heterocycles. The van der Waals surface area contributed by atoms with E-state index < -0.39 is 12.5 Å². The monoisotopic (exact) mass is 226 g/mol. The first-order valence-electron chi connectivity index (χ1n) is 5.44. The Kier molecular flexibility index (Phi) is 3.10. The maximum atomic E-state index is 12.3. The van der Waals surface area contributed by atoms with Gasteiger partial charge in [-0.15, -0.1) is 0 Å². The van der Waals surface area contributed by atoms with Crippen molar-refractivity contribution in [2.24, 2.45) is 5.73 Å². The van der Waals surface area contributed by atoms with Gasteiger partial charge in [0.2, 0.25) is 0 Å². The SMILES string of the molecule is CN1CCc2cc(CC(N)C(F)F)ccc21. The number of likely N-dealkylation sites (N-methyl/N-ethyl adjacent to an activating group) is 1. The number of nitrogens with two attached hydrogens (primary N) is 1. The summed E-state index contributed by atoms with van der Waals surface area (Å²) in [5.74, 6) is 0. The number of hydrogen-bond donors (Lipinski definition) is 1. The third-order valence-corrected chi connectivity index (χ3v) is 3.07. The average Bonchev–Trinajstić information content (AvgIpc) is 2.60. The highest BCUT2D eigenvalue weighted by molar-refractivity contribution is 5.58. The fraction of sp³-hybridized carbons (Fsp3) is 0.500. The van der Waals surface area contributed by atoms with Crippen molar-refractivity contribution in [3.05, 3.63) is 29.3 Å². The minimum Gasteiger partial charge on any atom is -0.374 e. The molecular formula is C12H16F2N2. The molecule has 4 heteroatoms. The van der Waals surface area contributed by atoms with E-state index in [9.17, 15) is 8.78 Å². The summed E-state index contributed by atoms with van der Waals surface area (Å²) in [5.41, 5.74) is 8.71. The van der Waals surface area contributed by atoms with Gasteiger partial charge in [0.25, 0.3) is 6.43 Å². The Hall–Kier alpha value is -1.16. The van der Waals surface area contributed by atoms with Crippen molar-refractivity contribution in [2.75, 3.05) is 18.5 Å². The summed E-state index contributed by atoms with van der Waals surface area (Å²) in [6.45, 7) is 1.000. The van der Waals surface area contributed by atoms with Crippen LogP contribution in [0.1, 0.15) is 11.1 Å². The molecule has 1 heterocycles. The second kappa shape index (κ2) is 4.37. The second-order valence-corrected chi connectivity index (χ2v) is 4.34. The predicted octanol–water partition coefficient (Wildman–Crippen LogP) is 1.81. The largest absolute Gasteiger partial charge is 0.374 e. The highest BCUT2D eigenvalue weighted by Crippen LogP contribution is 2.27. The zero-order valence-electron chi connectivity index (χ0n) is 9.29. The number of fused-ring (bicyclic) bond motifs is 1. The zero-order chi connectivity index (χ0) is 11.7. The number of halogens is 2. The molecule has 2 rings (SSSR count). The highest BCUT2D eigenvalue weighted by atomic mass is 19.3. The number of nitrogens with zero attached hydrogens (tertiary/aromatic N) is 1. The van der Waals surface area contributed by atoms with Crippen LogP contribution in [0.3, 0.4) is 0 Å². The molecular weight excluding hydrogens is 210 g/mol. The lowest BCUT2D eigenvalue weighted by atomic mass is 10.0. The quantitative estimate of drug-likeness (QED) is 0.851. The molecule has 1 aliphatic rings. The molecule has 0 radical (unpaired) electrons. The molecule has 0 amide bonds. The van der Waals surface area contributed by atoms with Gasteiger partial charge in [-0.1, -0.05) is 12.1 Å². The van der Waals surface area contributed by atoms with Crippen LogP contribution in [0.25, 0.3) is 0 Å². The Morgan fingerprint density at radius 1 is 1.44 bits per heavy atom. The molecule has 1 unspecified atom stereocenters. The first-order chi connectivity index (χ1) is 7.58. The predicted molar refractivity (Wildman–Crippen MR) is 61.1 cm³/mol. The molecule has 1 aliphatic heterocycles. The smallest absolute Gasteiger partial charge is 0.253 e. The first-order valence-corrected chi connectivity index (χ1v) is 5.44. The molecule has 2 nitrogen and oxygen atoms in total. The molecule has 2 N–H and O–H groups in total. The molecule has 1 aromatic carbocycles. The van der Waals surface area contributed by atoms with Crippen LogP contribution in [0.15, 0.2) is 18.2 Å². The Bertz CT molecular complexity index is 379. The molecule has 88 valence electrons. The van der Waals surface area contributed by atoms with Gasteiger partial charge in [0.05, 0.1) is 6.04 Å². The van der Waals surface area contributed by atoms with Crippen LogP contribution in [-0.4, -0.2) is 26.1 Å². The van der Waals surface area contributed by atoms with Crippen molar-refractivity contribution in [2.45, 2.75) is 25.3 Å². The Balaban J connectivity index is 2.13. The van der Waals surface area contributed by atoms with Gasteiger partial charge in [0.1, 0.15) is 0 Å². The fourth-order valence-corrected chi connectivity index (χ4v) is 2.11. The van der Waals surface area contributed by atoms with Crippen molar-refractivity contribution in [1.29, 1.82) is 0 Å². The van der Waals surface area contributed by atoms with E-state index in [-0.39, 0.29) is 6.42 Å². The summed E-state index contributed by atoms with van der Waals surface area (Å²) in [6, 6.07) is 4.83. The molecule has 1 aromatic rings. The van der Waals surface area contributed by atoms with E-state index in [1.165, 1.54) is 11.3 Å². The van der Waals surface area contributed by atoms with Gasteiger partial charge in [0, 0.05) is 19.3 Å². The van der Waals surface area contributed by atoms with Crippen molar-refractivity contribution in [1.82, 2.24) is 0 Å². The second-order valence-electron chi connectivity index (χ2n) is 4.34. The standard InChI is InChI=1S/C12H16F2N2/c1-16-5-4-9-6-8(2-3-11(9)16)7-10(15)12(13)14/h2-3,6,10,12H,4-5,7,15H2,1H3. The maximum Gasteiger partial charge on any atom is 0.253 e. The summed E-state index contributed by atoms with van der Waals surface area (Å²) in [6.07, 6.45) is -1.21. The van der Waals surface area contributed by atoms with Gasteiger partial charge in [0.15, 0.2) is 0 Å². The molecule has 0 saturated carbocycles. The van der Waals surface area contributed by atoms with E-state index >= 15 is 0 Å². The van der Waals surface area contributed by atoms with Crippen LogP contribution < -0.4 is 10.6 Å². The number of alkyl halides is 2. The summed E-state index contributed by atoms with van der Waals surface area (Å²) >= 11 is 0. The van der Waals surface area contributed by atoms with Crippen molar-refractivity contribution in [3.8, 4) is 0 Å². The number of anilines is 1. The molecule has 0 spiro atoms. The lowest BCUT2D eigenvalue weighted by molar-refractivity contribution is 0.116. The van der Waals surface area contributed by atoms with Gasteiger partial charge in [-0.2, -0.15) is 0 Å². The van der Waals surface area contributed by atoms with Crippen molar-refractivity contribution < 1.29 is 8.78 Å². The lowest BCUT2D eigenvalue weighted by Gasteiger charge is -2.14. The van der Waals surface area contributed by atoms with Gasteiger partial charge in [-0.3, -0.25) is 0 Å². The summed E-state index contributed by atoms with van der Waals surface area (Å²) < 4.78 is 24.6. The van der Waals surface area contributed by atoms with Crippen molar-refractivity contribution >= 4 is 5.69 Å². The van der Waals surface area contributed by atoms with E-state index in [4.69, 9.17) is 5.73 Å². The topological polar surface area (TPSA) is 29.3 Å². The molecule has 0 bridgehead atoms. The van der Waals surface area contributed by atoms with E-state index in [0.29, 0.717) is 0 Å². The average molecular weight is 226 g/mol. The Labute approximate surface area is 94.0 Å². The van der Waals surface area contributed by atoms with E-state index in [1.54, 1.807) is 0 Å². The van der Waals surface area contributed by atoms with Crippen LogP contribution in [0.2, 0.25) is 0 Å². The third-order valence-electron chi connectivity index (χ3n) is 3.07. The van der Waals surface area contributed by atoms with Crippen molar-refractivity contribution in [3.63, 3.8) is 0 Å². The Morgan fingerprint density at radius 2 is 2.19 bits per heavy atom. The maximum absolute atomic E-state index is 12.3. The molecule has 16 heavy (non-hydrogen) atoms. The normalized spacial score (nSPS) is 16.7. The third kappa shape index (κ3) is 2.16. The fourth-order valence-electron chi connectivity index (χ4n) is 2.11. The Morgan fingerprint density at radius 3 is 2.88 bits per heavy atom. The van der Waals surface area contributed by atoms with E-state index in [2.05, 4.69) is 4.90 Å². The molecule has 1 atom stereocenters. The molecule has 0 fully saturated rings. The number of benzene rings is 1. The minimum absolute atomic E-state index is 0.245. The number of rotatable bonds is 3. The first kappa shape index (κ1) is 11.3. The minimum atomic E-state index is -2.45. The molecule has 0 aliphatic carbocycles. The van der Waals surface area contributed by atoms with Crippen LogP contribution in [0, 0.1) is 0 Å². The van der Waals surface area contributed by atoms with Gasteiger partial charge in [-0.25, -0.2) is 8.78 Å². The van der Waals surface area contributed by atoms with Gasteiger partial charge < -0.3 is 10.6 Å².